The lowest BCUT2D eigenvalue weighted by Crippen LogP contribution is -2.18. The minimum Gasteiger partial charge on any atom is -0.206 e. The highest BCUT2D eigenvalue weighted by molar-refractivity contribution is 9.13. The summed E-state index contributed by atoms with van der Waals surface area (Å²) in [5.74, 6) is -2.92. The summed E-state index contributed by atoms with van der Waals surface area (Å²) in [5, 5.41) is 1.30. The van der Waals surface area contributed by atoms with Crippen molar-refractivity contribution in [2.45, 2.75) is 93.9 Å². The normalized spacial score (nSPS) is 11.2. The summed E-state index contributed by atoms with van der Waals surface area (Å²) >= 11 is 45.2. The Balaban J connectivity index is 0.000000482. The number of halogens is 26. The fraction of sp³-hybridized carbons (Fsp3) is 0.250. The summed E-state index contributed by atoms with van der Waals surface area (Å²) in [6.45, 7) is 17.1. The van der Waals surface area contributed by atoms with E-state index in [-0.39, 0.29) is 25.6 Å². The van der Waals surface area contributed by atoms with Crippen molar-refractivity contribution in [3.8, 4) is 0 Å². The number of rotatable bonds is 0. The van der Waals surface area contributed by atoms with Gasteiger partial charge in [0.05, 0.1) is 32.3 Å². The van der Waals surface area contributed by atoms with Crippen molar-refractivity contribution >= 4 is 158 Å². The van der Waals surface area contributed by atoms with E-state index in [1.807, 2.05) is 19.1 Å². The summed E-state index contributed by atoms with van der Waals surface area (Å²) in [6, 6.07) is 20.3. The zero-order valence-corrected chi connectivity index (χ0v) is 58.0. The summed E-state index contributed by atoms with van der Waals surface area (Å²) in [6.07, 6.45) is -19.0. The van der Waals surface area contributed by atoms with E-state index in [0.29, 0.717) is 37.8 Å². The molecule has 7 aromatic carbocycles. The van der Waals surface area contributed by atoms with Gasteiger partial charge in [0.25, 0.3) is 0 Å². The summed E-state index contributed by atoms with van der Waals surface area (Å²) < 4.78 is 192. The molecule has 0 atom stereocenters. The van der Waals surface area contributed by atoms with Crippen LogP contribution in [0.1, 0.15) is 77.9 Å². The Morgan fingerprint density at radius 3 is 1.12 bits per heavy atom. The second kappa shape index (κ2) is 33.4. The number of hydrogen-bond acceptors (Lipinski definition) is 0. The van der Waals surface area contributed by atoms with Crippen molar-refractivity contribution in [3.63, 3.8) is 0 Å². The van der Waals surface area contributed by atoms with Gasteiger partial charge in [-0.15, -0.1) is 0 Å². The van der Waals surface area contributed by atoms with Gasteiger partial charge in [0.15, 0.2) is 11.6 Å². The van der Waals surface area contributed by atoms with E-state index in [4.69, 9.17) is 46.4 Å². The highest BCUT2D eigenvalue weighted by atomic mass is 79.9. The molecule has 0 N–H and O–H groups in total. The molecule has 0 amide bonds. The standard InChI is InChI=1S/C9H5BrF6.C9H11Br.C9H8ClF3.C8H5ClF4.C7H5Br3.C7H5BrCl2.C7H5BrF2/c1-4-2-5(10)3-6(8(11,12)13)7(4)9(14,15)16;1-6-4-9(10)5-7(2)8(6)3;1-5-3-7(10)4-8(6(5)2)9(11,12)13;1-4-2-5(9)3-6(10)7(4)8(11,12)13;3*1-4-2-5(8)3-6(9)7(4)10/h2-3H,1H3;4-5H,1-3H3;3-4H,1-2H3;2-3H,1H3;3*2-3H,1H3. The quantitative estimate of drug-likeness (QED) is 0.105. The molecule has 0 saturated heterocycles. The second-order valence-electron chi connectivity index (χ2n) is 17.3. The van der Waals surface area contributed by atoms with Crippen LogP contribution in [0.2, 0.25) is 20.1 Å². The number of benzene rings is 7. The number of alkyl halides is 12. The first-order chi connectivity index (χ1) is 37.1. The predicted molar refractivity (Wildman–Crippen MR) is 326 cm³/mol. The van der Waals surface area contributed by atoms with Crippen LogP contribution < -0.4 is 0 Å². The van der Waals surface area contributed by atoms with Gasteiger partial charge in [-0.3, -0.25) is 0 Å². The average Bonchev–Trinajstić information content (AvgIpc) is 3.35. The third kappa shape index (κ3) is 25.8. The monoisotopic (exact) mass is 1690 g/mol. The Bertz CT molecular complexity index is 2990. The molecule has 0 radical (unpaired) electrons. The van der Waals surface area contributed by atoms with E-state index >= 15 is 0 Å². The minimum atomic E-state index is -5.03. The molecular formula is C56H44Br7Cl4F15. The highest BCUT2D eigenvalue weighted by Crippen LogP contribution is 2.44. The van der Waals surface area contributed by atoms with Crippen LogP contribution in [0.4, 0.5) is 65.9 Å². The van der Waals surface area contributed by atoms with Crippen molar-refractivity contribution in [2.75, 3.05) is 0 Å². The highest BCUT2D eigenvalue weighted by Gasteiger charge is 2.44. The molecule has 7 aromatic rings. The first kappa shape index (κ1) is 78.0. The van der Waals surface area contributed by atoms with Gasteiger partial charge < -0.3 is 0 Å². The van der Waals surface area contributed by atoms with Crippen molar-refractivity contribution < 1.29 is 65.9 Å². The molecule has 0 bridgehead atoms. The van der Waals surface area contributed by atoms with E-state index in [9.17, 15) is 65.9 Å². The fourth-order valence-electron chi connectivity index (χ4n) is 6.55. The van der Waals surface area contributed by atoms with Gasteiger partial charge >= 0.3 is 24.7 Å². The largest absolute Gasteiger partial charge is 0.419 e. The molecule has 0 aliphatic rings. The van der Waals surface area contributed by atoms with Gasteiger partial charge in [-0.05, 0) is 242 Å². The zero-order valence-electron chi connectivity index (χ0n) is 43.9. The smallest absolute Gasteiger partial charge is 0.206 e. The van der Waals surface area contributed by atoms with E-state index in [1.54, 1.807) is 13.0 Å². The van der Waals surface area contributed by atoms with Crippen LogP contribution in [0.3, 0.4) is 0 Å². The molecule has 0 saturated carbocycles. The lowest BCUT2D eigenvalue weighted by atomic mass is 10.0. The Morgan fingerprint density at radius 2 is 0.683 bits per heavy atom. The van der Waals surface area contributed by atoms with Crippen LogP contribution >= 0.6 is 158 Å². The Hall–Kier alpha value is -1.99. The van der Waals surface area contributed by atoms with Crippen LogP contribution in [0, 0.1) is 86.7 Å². The van der Waals surface area contributed by atoms with E-state index in [0.717, 1.165) is 61.6 Å². The first-order valence-corrected chi connectivity index (χ1v) is 29.6. The zero-order chi connectivity index (χ0) is 64.1. The van der Waals surface area contributed by atoms with Crippen molar-refractivity contribution in [3.05, 3.63) is 232 Å². The topological polar surface area (TPSA) is 0 Å². The number of aryl methyl sites for hydroxylation is 8. The fourth-order valence-corrected chi connectivity index (χ4v) is 11.6. The molecule has 82 heavy (non-hydrogen) atoms. The SMILES string of the molecule is Cc1cc(Br)cc(Br)c1Br.Cc1cc(Br)cc(C(F)(F)F)c1C(F)(F)F.Cc1cc(Br)cc(C)c1C.Cc1cc(Br)cc(Cl)c1Cl.Cc1cc(Br)cc(F)c1F.Cc1cc(Cl)cc(C(F)(F)F)c1C.Cc1cc(Cl)cc(F)c1C(F)(F)F. The molecule has 0 spiro atoms. The molecule has 0 aliphatic carbocycles. The van der Waals surface area contributed by atoms with E-state index in [1.165, 1.54) is 52.7 Å². The first-order valence-electron chi connectivity index (χ1n) is 22.5. The van der Waals surface area contributed by atoms with Crippen LogP contribution in [0.15, 0.2) is 116 Å². The molecule has 0 aromatic heterocycles. The van der Waals surface area contributed by atoms with Crippen molar-refractivity contribution in [2.24, 2.45) is 0 Å². The maximum absolute atomic E-state index is 12.8. The predicted octanol–water partition coefficient (Wildman–Crippen LogP) is 27.3. The minimum absolute atomic E-state index is 0.0367. The van der Waals surface area contributed by atoms with Gasteiger partial charge in [0, 0.05) is 41.4 Å². The van der Waals surface area contributed by atoms with E-state index < -0.39 is 70.0 Å². The number of hydrogen-bond donors (Lipinski definition) is 0. The maximum atomic E-state index is 12.8. The van der Waals surface area contributed by atoms with Crippen molar-refractivity contribution in [1.82, 2.24) is 0 Å². The summed E-state index contributed by atoms with van der Waals surface area (Å²) in [4.78, 5) is 0. The van der Waals surface area contributed by atoms with Gasteiger partial charge in [0.2, 0.25) is 0 Å². The lowest BCUT2D eigenvalue weighted by Gasteiger charge is -2.18. The third-order valence-electron chi connectivity index (χ3n) is 10.8. The molecule has 0 heterocycles. The molecule has 450 valence electrons. The molecule has 0 aliphatic heterocycles. The molecule has 0 nitrogen and oxygen atoms in total. The molecule has 0 unspecified atom stereocenters. The average molecular weight is 1700 g/mol. The van der Waals surface area contributed by atoms with E-state index in [2.05, 4.69) is 157 Å². The molecule has 7 rings (SSSR count). The lowest BCUT2D eigenvalue weighted by molar-refractivity contribution is -0.162. The maximum Gasteiger partial charge on any atom is 0.419 e. The van der Waals surface area contributed by atoms with Crippen molar-refractivity contribution in [1.29, 1.82) is 0 Å². The Morgan fingerprint density at radius 1 is 0.317 bits per heavy atom. The molecular weight excluding hydrogens is 1660 g/mol. The second-order valence-corrected chi connectivity index (χ2v) is 25.2. The van der Waals surface area contributed by atoms with Gasteiger partial charge in [-0.2, -0.15) is 52.7 Å². The van der Waals surface area contributed by atoms with Gasteiger partial charge in [-0.25, -0.2) is 13.2 Å². The van der Waals surface area contributed by atoms with Gasteiger partial charge in [0.1, 0.15) is 5.82 Å². The third-order valence-corrected chi connectivity index (χ3v) is 16.6. The molecule has 0 fully saturated rings. The molecule has 26 heteroatoms. The summed E-state index contributed by atoms with van der Waals surface area (Å²) in [7, 11) is 0. The van der Waals surface area contributed by atoms with Crippen LogP contribution in [0.25, 0.3) is 0 Å². The van der Waals surface area contributed by atoms with Crippen LogP contribution in [0.5, 0.6) is 0 Å². The van der Waals surface area contributed by atoms with Gasteiger partial charge in [-0.1, -0.05) is 126 Å². The Kier molecular flexibility index (Phi) is 31.8. The van der Waals surface area contributed by atoms with Crippen LogP contribution in [-0.2, 0) is 24.7 Å². The Labute approximate surface area is 544 Å². The van der Waals surface area contributed by atoms with Crippen LogP contribution in [-0.4, -0.2) is 0 Å². The summed E-state index contributed by atoms with van der Waals surface area (Å²) in [5.41, 5.74) is 1.52.